The van der Waals surface area contributed by atoms with E-state index in [0.717, 1.165) is 12.5 Å². The first-order chi connectivity index (χ1) is 14.2. The quantitative estimate of drug-likeness (QED) is 0.357. The monoisotopic (exact) mass is 437 g/mol. The molecule has 3 atom stereocenters. The molecular formula is C18H23N5O6S. The number of carbonyl (C=O) groups is 1. The molecule has 0 saturated heterocycles. The molecule has 12 heteroatoms. The molecule has 0 radical (unpaired) electrons. The number of carbonyl (C=O) groups excluding carboxylic acids is 1. The van der Waals surface area contributed by atoms with E-state index in [-0.39, 0.29) is 31.0 Å². The summed E-state index contributed by atoms with van der Waals surface area (Å²) in [4.78, 5) is 20.5. The maximum Gasteiger partial charge on any atom is 0.309 e. The van der Waals surface area contributed by atoms with E-state index >= 15 is 0 Å². The molecule has 11 nitrogen and oxygen atoms in total. The van der Waals surface area contributed by atoms with Crippen LogP contribution in [-0.2, 0) is 16.4 Å². The molecule has 2 heterocycles. The third kappa shape index (κ3) is 7.43. The van der Waals surface area contributed by atoms with E-state index in [9.17, 15) is 23.4 Å². The molecule has 0 saturated carbocycles. The zero-order valence-corrected chi connectivity index (χ0v) is 17.0. The average Bonchev–Trinajstić information content (AvgIpc) is 3.14. The van der Waals surface area contributed by atoms with Crippen LogP contribution in [0.2, 0.25) is 0 Å². The minimum atomic E-state index is -3.63. The summed E-state index contributed by atoms with van der Waals surface area (Å²) in [5.74, 6) is -0.732. The minimum absolute atomic E-state index is 0.120. The molecule has 0 aromatic carbocycles. The lowest BCUT2D eigenvalue weighted by Gasteiger charge is -2.27. The second-order valence-corrected chi connectivity index (χ2v) is 8.37. The van der Waals surface area contributed by atoms with E-state index in [1.807, 2.05) is 10.8 Å². The Hall–Kier alpha value is -3.01. The number of aliphatic hydroxyl groups is 2. The van der Waals surface area contributed by atoms with Crippen LogP contribution in [0.3, 0.4) is 0 Å². The number of hydrogen-bond donors (Lipinski definition) is 4. The molecule has 3 unspecified atom stereocenters. The largest absolute Gasteiger partial charge is 0.431 e. The molecule has 0 spiro atoms. The highest BCUT2D eigenvalue weighted by atomic mass is 32.2. The van der Waals surface area contributed by atoms with Gasteiger partial charge < -0.3 is 19.9 Å². The Morgan fingerprint density at radius 3 is 2.77 bits per heavy atom. The summed E-state index contributed by atoms with van der Waals surface area (Å²) in [6, 6.07) is 5.84. The number of amides is 1. The molecule has 2 aromatic rings. The molecule has 30 heavy (non-hydrogen) atoms. The second-order valence-electron chi connectivity index (χ2n) is 6.63. The van der Waals surface area contributed by atoms with Gasteiger partial charge in [-0.15, -0.1) is 0 Å². The van der Waals surface area contributed by atoms with Crippen LogP contribution in [0, 0.1) is 11.3 Å². The van der Waals surface area contributed by atoms with Gasteiger partial charge in [0.2, 0.25) is 10.0 Å². The fourth-order valence-corrected chi connectivity index (χ4v) is 3.07. The number of nitriles is 1. The third-order valence-electron chi connectivity index (χ3n) is 4.08. The first-order valence-corrected chi connectivity index (χ1v) is 11.0. The molecule has 0 aliphatic carbocycles. The van der Waals surface area contributed by atoms with Crippen molar-refractivity contribution >= 4 is 21.9 Å². The topological polar surface area (TPSA) is 178 Å². The number of anilines is 1. The Bertz CT molecular complexity index is 972. The van der Waals surface area contributed by atoms with Crippen LogP contribution in [0.1, 0.15) is 35.4 Å². The van der Waals surface area contributed by atoms with Crippen molar-refractivity contribution in [3.63, 3.8) is 0 Å². The summed E-state index contributed by atoms with van der Waals surface area (Å²) in [6.07, 6.45) is 1.84. The van der Waals surface area contributed by atoms with Crippen LogP contribution in [-0.4, -0.2) is 59.0 Å². The summed E-state index contributed by atoms with van der Waals surface area (Å²) in [6.45, 7) is 0. The molecule has 1 amide bonds. The summed E-state index contributed by atoms with van der Waals surface area (Å²) < 4.78 is 29.4. The molecule has 4 N–H and O–H groups in total. The minimum Gasteiger partial charge on any atom is -0.431 e. The first-order valence-electron chi connectivity index (χ1n) is 9.06. The van der Waals surface area contributed by atoms with Crippen LogP contribution in [0.15, 0.2) is 35.1 Å². The normalized spacial score (nSPS) is 14.3. The summed E-state index contributed by atoms with van der Waals surface area (Å²) >= 11 is 0. The van der Waals surface area contributed by atoms with E-state index in [1.54, 1.807) is 24.4 Å². The first kappa shape index (κ1) is 23.3. The van der Waals surface area contributed by atoms with Gasteiger partial charge in [0.25, 0.3) is 5.91 Å². The van der Waals surface area contributed by atoms with Crippen LogP contribution in [0.4, 0.5) is 6.01 Å². The van der Waals surface area contributed by atoms with Crippen molar-refractivity contribution in [2.75, 3.05) is 11.0 Å². The van der Waals surface area contributed by atoms with E-state index in [2.05, 4.69) is 15.3 Å². The Labute approximate surface area is 173 Å². The number of pyridine rings is 1. The summed E-state index contributed by atoms with van der Waals surface area (Å²) in [5.41, 5.74) is 0.365. The van der Waals surface area contributed by atoms with Gasteiger partial charge in [0, 0.05) is 24.7 Å². The highest BCUT2D eigenvalue weighted by Crippen LogP contribution is 2.14. The van der Waals surface area contributed by atoms with Gasteiger partial charge in [-0.05, 0) is 25.0 Å². The standard InChI is InChI=1S/C18H23N5O6S/c1-30(27,28)23-18-22-14(11-29-18)17(26)21-13(10-12-6-3-5-9-20-12)16(25)15(24)7-2-4-8-19/h3,5-6,9,11,13,15-16,24-25H,2,4,7,10H2,1H3,(H,21,26)(H,22,23). The van der Waals surface area contributed by atoms with Crippen molar-refractivity contribution in [3.8, 4) is 6.07 Å². The van der Waals surface area contributed by atoms with Crippen LogP contribution in [0.25, 0.3) is 0 Å². The van der Waals surface area contributed by atoms with Crippen molar-refractivity contribution in [3.05, 3.63) is 42.0 Å². The number of unbranched alkanes of at least 4 members (excludes halogenated alkanes) is 1. The van der Waals surface area contributed by atoms with E-state index in [1.165, 1.54) is 0 Å². The SMILES string of the molecule is CS(=O)(=O)Nc1nc(C(=O)NC(Cc2ccccn2)C(O)C(O)CCCC#N)co1. The highest BCUT2D eigenvalue weighted by Gasteiger charge is 2.29. The number of nitrogens with one attached hydrogen (secondary N) is 2. The van der Waals surface area contributed by atoms with Gasteiger partial charge in [-0.1, -0.05) is 6.07 Å². The van der Waals surface area contributed by atoms with Crippen molar-refractivity contribution in [2.24, 2.45) is 0 Å². The Morgan fingerprint density at radius 2 is 2.13 bits per heavy atom. The third-order valence-corrected chi connectivity index (χ3v) is 4.62. The number of rotatable bonds is 11. The molecule has 0 aliphatic rings. The molecule has 0 bridgehead atoms. The highest BCUT2D eigenvalue weighted by molar-refractivity contribution is 7.91. The van der Waals surface area contributed by atoms with E-state index in [0.29, 0.717) is 12.1 Å². The molecular weight excluding hydrogens is 414 g/mol. The maximum absolute atomic E-state index is 12.5. The predicted molar refractivity (Wildman–Crippen MR) is 106 cm³/mol. The van der Waals surface area contributed by atoms with Gasteiger partial charge in [-0.25, -0.2) is 13.1 Å². The molecule has 2 aromatic heterocycles. The summed E-state index contributed by atoms with van der Waals surface area (Å²) in [5, 5.41) is 32.0. The van der Waals surface area contributed by atoms with Crippen molar-refractivity contribution in [1.82, 2.24) is 15.3 Å². The Morgan fingerprint density at radius 1 is 1.37 bits per heavy atom. The number of nitrogens with zero attached hydrogens (tertiary/aromatic N) is 3. The van der Waals surface area contributed by atoms with Crippen molar-refractivity contribution in [2.45, 2.75) is 43.9 Å². The van der Waals surface area contributed by atoms with Crippen LogP contribution < -0.4 is 10.0 Å². The zero-order chi connectivity index (χ0) is 22.1. The van der Waals surface area contributed by atoms with Gasteiger partial charge in [-0.3, -0.25) is 9.78 Å². The average molecular weight is 437 g/mol. The number of oxazole rings is 1. The lowest BCUT2D eigenvalue weighted by Crippen LogP contribution is -2.50. The lowest BCUT2D eigenvalue weighted by molar-refractivity contribution is -0.00809. The number of aromatic nitrogens is 2. The second kappa shape index (κ2) is 10.7. The molecule has 162 valence electrons. The molecule has 0 aliphatic heterocycles. The van der Waals surface area contributed by atoms with Crippen molar-refractivity contribution < 1.29 is 27.8 Å². The number of aliphatic hydroxyl groups excluding tert-OH is 2. The number of hydrogen-bond acceptors (Lipinski definition) is 9. The smallest absolute Gasteiger partial charge is 0.309 e. The molecule has 0 fully saturated rings. The van der Waals surface area contributed by atoms with Crippen LogP contribution in [0.5, 0.6) is 0 Å². The van der Waals surface area contributed by atoms with Gasteiger partial charge in [0.05, 0.1) is 24.5 Å². The van der Waals surface area contributed by atoms with Gasteiger partial charge in [0.1, 0.15) is 12.4 Å². The van der Waals surface area contributed by atoms with Crippen LogP contribution >= 0.6 is 0 Å². The Kier molecular flexibility index (Phi) is 8.28. The van der Waals surface area contributed by atoms with Gasteiger partial charge in [0.15, 0.2) is 5.69 Å². The van der Waals surface area contributed by atoms with E-state index < -0.39 is 34.2 Å². The lowest BCUT2D eigenvalue weighted by atomic mass is 9.97. The fraction of sp³-hybridized carbons (Fsp3) is 0.444. The van der Waals surface area contributed by atoms with Crippen molar-refractivity contribution in [1.29, 1.82) is 5.26 Å². The number of sulfonamides is 1. The zero-order valence-electron chi connectivity index (χ0n) is 16.2. The predicted octanol–water partition coefficient (Wildman–Crippen LogP) is 0.198. The molecule has 2 rings (SSSR count). The summed E-state index contributed by atoms with van der Waals surface area (Å²) in [7, 11) is -3.63. The fourth-order valence-electron chi connectivity index (χ4n) is 2.66. The van der Waals surface area contributed by atoms with Gasteiger partial charge >= 0.3 is 6.01 Å². The maximum atomic E-state index is 12.5. The Balaban J connectivity index is 2.13. The van der Waals surface area contributed by atoms with Gasteiger partial charge in [-0.2, -0.15) is 10.2 Å². The van der Waals surface area contributed by atoms with E-state index in [4.69, 9.17) is 9.68 Å².